The summed E-state index contributed by atoms with van der Waals surface area (Å²) in [7, 11) is 0. The first-order valence-corrected chi connectivity index (χ1v) is 6.89. The average Bonchev–Trinajstić information content (AvgIpc) is 2.90. The second-order valence-corrected chi connectivity index (χ2v) is 5.81. The number of rotatable bonds is 6. The number of hydrogen-bond acceptors (Lipinski definition) is 4. The van der Waals surface area contributed by atoms with Crippen LogP contribution in [0.4, 0.5) is 0 Å². The summed E-state index contributed by atoms with van der Waals surface area (Å²) in [5, 5.41) is 17.2. The molecule has 0 saturated carbocycles. The van der Waals surface area contributed by atoms with E-state index < -0.39 is 6.10 Å². The first-order valence-electron chi connectivity index (χ1n) is 6.07. The molecule has 2 aromatic rings. The summed E-state index contributed by atoms with van der Waals surface area (Å²) in [6.45, 7) is 6.19. The van der Waals surface area contributed by atoms with Gasteiger partial charge in [0.05, 0.1) is 12.6 Å². The molecular weight excluding hydrogens is 246 g/mol. The smallest absolute Gasteiger partial charge is 0.0860 e. The Morgan fingerprint density at radius 2 is 2.33 bits per heavy atom. The number of aromatic nitrogens is 2. The number of aliphatic hydroxyl groups is 1. The van der Waals surface area contributed by atoms with Crippen molar-refractivity contribution in [1.82, 2.24) is 15.1 Å². The van der Waals surface area contributed by atoms with E-state index in [1.54, 1.807) is 10.9 Å². The van der Waals surface area contributed by atoms with Gasteiger partial charge in [-0.25, -0.2) is 0 Å². The van der Waals surface area contributed by atoms with Crippen molar-refractivity contribution in [1.29, 1.82) is 0 Å². The van der Waals surface area contributed by atoms with Crippen LogP contribution in [0, 0.1) is 13.8 Å². The Labute approximate surface area is 111 Å². The molecule has 98 valence electrons. The zero-order chi connectivity index (χ0) is 13.0. The van der Waals surface area contributed by atoms with Crippen LogP contribution >= 0.6 is 11.3 Å². The minimum Gasteiger partial charge on any atom is -0.390 e. The molecule has 2 N–H and O–H groups in total. The Hall–Kier alpha value is -1.17. The maximum atomic E-state index is 9.84. The molecule has 2 aromatic heterocycles. The molecule has 0 aliphatic rings. The highest BCUT2D eigenvalue weighted by Crippen LogP contribution is 2.20. The van der Waals surface area contributed by atoms with E-state index >= 15 is 0 Å². The zero-order valence-corrected chi connectivity index (χ0v) is 11.6. The highest BCUT2D eigenvalue weighted by molar-refractivity contribution is 7.12. The van der Waals surface area contributed by atoms with Crippen molar-refractivity contribution in [2.24, 2.45) is 0 Å². The van der Waals surface area contributed by atoms with Gasteiger partial charge < -0.3 is 10.4 Å². The van der Waals surface area contributed by atoms with Crippen LogP contribution in [-0.2, 0) is 13.1 Å². The summed E-state index contributed by atoms with van der Waals surface area (Å²) in [5.41, 5.74) is 1.34. The van der Waals surface area contributed by atoms with E-state index in [1.807, 2.05) is 23.6 Å². The van der Waals surface area contributed by atoms with E-state index in [1.165, 1.54) is 15.3 Å². The third kappa shape index (κ3) is 3.66. The second kappa shape index (κ2) is 6.13. The molecule has 0 amide bonds. The molecule has 1 atom stereocenters. The lowest BCUT2D eigenvalue weighted by molar-refractivity contribution is 0.146. The SMILES string of the molecule is Cc1cc(CNCC(O)Cn2cccn2)sc1C. The summed E-state index contributed by atoms with van der Waals surface area (Å²) < 4.78 is 1.74. The minimum absolute atomic E-state index is 0.410. The zero-order valence-electron chi connectivity index (χ0n) is 10.8. The molecule has 0 aliphatic carbocycles. The predicted molar refractivity (Wildman–Crippen MR) is 73.7 cm³/mol. The lowest BCUT2D eigenvalue weighted by atomic mass is 10.3. The molecule has 5 heteroatoms. The fraction of sp³-hybridized carbons (Fsp3) is 0.462. The van der Waals surface area contributed by atoms with Crippen molar-refractivity contribution in [3.8, 4) is 0 Å². The molecule has 0 fully saturated rings. The van der Waals surface area contributed by atoms with Crippen LogP contribution in [0.25, 0.3) is 0 Å². The van der Waals surface area contributed by atoms with Crippen LogP contribution in [0.1, 0.15) is 15.3 Å². The van der Waals surface area contributed by atoms with Crippen molar-refractivity contribution in [2.45, 2.75) is 33.0 Å². The van der Waals surface area contributed by atoms with Gasteiger partial charge in [0.2, 0.25) is 0 Å². The van der Waals surface area contributed by atoms with Gasteiger partial charge in [-0.05, 0) is 31.5 Å². The van der Waals surface area contributed by atoms with Crippen LogP contribution in [0.5, 0.6) is 0 Å². The molecule has 1 unspecified atom stereocenters. The fourth-order valence-electron chi connectivity index (χ4n) is 1.79. The molecule has 4 nitrogen and oxygen atoms in total. The van der Waals surface area contributed by atoms with Gasteiger partial charge in [0.1, 0.15) is 0 Å². The van der Waals surface area contributed by atoms with E-state index in [-0.39, 0.29) is 0 Å². The van der Waals surface area contributed by atoms with Gasteiger partial charge in [0.15, 0.2) is 0 Å². The summed E-state index contributed by atoms with van der Waals surface area (Å²) in [5.74, 6) is 0. The first-order chi connectivity index (χ1) is 8.65. The summed E-state index contributed by atoms with van der Waals surface area (Å²) in [6, 6.07) is 4.06. The van der Waals surface area contributed by atoms with E-state index in [0.29, 0.717) is 13.1 Å². The monoisotopic (exact) mass is 265 g/mol. The fourth-order valence-corrected chi connectivity index (χ4v) is 2.81. The van der Waals surface area contributed by atoms with Gasteiger partial charge in [-0.15, -0.1) is 11.3 Å². The number of nitrogens with one attached hydrogen (secondary N) is 1. The van der Waals surface area contributed by atoms with E-state index in [0.717, 1.165) is 6.54 Å². The molecule has 2 rings (SSSR count). The van der Waals surface area contributed by atoms with Gasteiger partial charge in [0.25, 0.3) is 0 Å². The first kappa shape index (κ1) is 13.3. The highest BCUT2D eigenvalue weighted by Gasteiger charge is 2.06. The molecule has 0 spiro atoms. The molecule has 0 saturated heterocycles. The van der Waals surface area contributed by atoms with Gasteiger partial charge in [-0.2, -0.15) is 5.10 Å². The lowest BCUT2D eigenvalue weighted by Gasteiger charge is -2.11. The maximum Gasteiger partial charge on any atom is 0.0860 e. The average molecular weight is 265 g/mol. The minimum atomic E-state index is -0.410. The predicted octanol–water partition coefficient (Wildman–Crippen LogP) is 1.71. The normalized spacial score (nSPS) is 12.8. The maximum absolute atomic E-state index is 9.84. The highest BCUT2D eigenvalue weighted by atomic mass is 32.1. The van der Waals surface area contributed by atoms with Crippen LogP contribution in [0.3, 0.4) is 0 Å². The number of thiophene rings is 1. The third-order valence-electron chi connectivity index (χ3n) is 2.85. The quantitative estimate of drug-likeness (QED) is 0.836. The molecule has 18 heavy (non-hydrogen) atoms. The van der Waals surface area contributed by atoms with E-state index in [4.69, 9.17) is 0 Å². The largest absolute Gasteiger partial charge is 0.390 e. The number of nitrogens with zero attached hydrogens (tertiary/aromatic N) is 2. The Kier molecular flexibility index (Phi) is 4.52. The van der Waals surface area contributed by atoms with E-state index in [9.17, 15) is 5.11 Å². The van der Waals surface area contributed by atoms with Gasteiger partial charge >= 0.3 is 0 Å². The second-order valence-electron chi connectivity index (χ2n) is 4.46. The molecular formula is C13H19N3OS. The van der Waals surface area contributed by atoms with Crippen molar-refractivity contribution >= 4 is 11.3 Å². The number of hydrogen-bond donors (Lipinski definition) is 2. The number of aryl methyl sites for hydroxylation is 2. The Balaban J connectivity index is 1.71. The van der Waals surface area contributed by atoms with Crippen LogP contribution in [0.2, 0.25) is 0 Å². The van der Waals surface area contributed by atoms with E-state index in [2.05, 4.69) is 30.3 Å². The molecule has 0 bridgehead atoms. The third-order valence-corrected chi connectivity index (χ3v) is 4.01. The van der Waals surface area contributed by atoms with Crippen molar-refractivity contribution in [2.75, 3.05) is 6.54 Å². The summed E-state index contributed by atoms with van der Waals surface area (Å²) in [4.78, 5) is 2.68. The Morgan fingerprint density at radius 3 is 2.94 bits per heavy atom. The summed E-state index contributed by atoms with van der Waals surface area (Å²) >= 11 is 1.81. The van der Waals surface area contributed by atoms with Gasteiger partial charge in [-0.1, -0.05) is 0 Å². The van der Waals surface area contributed by atoms with Crippen molar-refractivity contribution in [3.63, 3.8) is 0 Å². The van der Waals surface area contributed by atoms with Crippen molar-refractivity contribution in [3.05, 3.63) is 39.8 Å². The topological polar surface area (TPSA) is 50.1 Å². The van der Waals surface area contributed by atoms with Crippen LogP contribution < -0.4 is 5.32 Å². The Bertz CT molecular complexity index is 459. The van der Waals surface area contributed by atoms with Crippen LogP contribution in [-0.4, -0.2) is 27.5 Å². The number of aliphatic hydroxyl groups excluding tert-OH is 1. The summed E-state index contributed by atoms with van der Waals surface area (Å²) in [6.07, 6.45) is 3.17. The molecule has 0 aliphatic heterocycles. The molecule has 0 radical (unpaired) electrons. The standard InChI is InChI=1S/C13H19N3OS/c1-10-6-13(18-11(10)2)8-14-7-12(17)9-16-5-3-4-15-16/h3-6,12,14,17H,7-9H2,1-2H3. The van der Waals surface area contributed by atoms with Crippen LogP contribution in [0.15, 0.2) is 24.5 Å². The Morgan fingerprint density at radius 1 is 1.50 bits per heavy atom. The lowest BCUT2D eigenvalue weighted by Crippen LogP contribution is -2.29. The molecule has 2 heterocycles. The van der Waals surface area contributed by atoms with Gasteiger partial charge in [0, 0.05) is 35.2 Å². The molecule has 0 aromatic carbocycles. The van der Waals surface area contributed by atoms with Crippen molar-refractivity contribution < 1.29 is 5.11 Å². The van der Waals surface area contributed by atoms with Gasteiger partial charge in [-0.3, -0.25) is 4.68 Å².